The number of benzene rings is 1. The van der Waals surface area contributed by atoms with Crippen LogP contribution in [0.2, 0.25) is 0 Å². The molecule has 0 spiro atoms. The molecule has 1 aromatic carbocycles. The van der Waals surface area contributed by atoms with E-state index in [1.165, 1.54) is 0 Å². The van der Waals surface area contributed by atoms with E-state index in [0.717, 1.165) is 30.7 Å². The first-order chi connectivity index (χ1) is 10.2. The molecule has 6 heteroatoms. The minimum Gasteiger partial charge on any atom is -0.478 e. The zero-order chi connectivity index (χ0) is 15.2. The third-order valence-corrected chi connectivity index (χ3v) is 3.30. The number of carboxylic acids is 1. The van der Waals surface area contributed by atoms with Gasteiger partial charge >= 0.3 is 5.97 Å². The number of nitrogens with zero attached hydrogens (tertiary/aromatic N) is 2. The van der Waals surface area contributed by atoms with Gasteiger partial charge in [0.25, 0.3) is 0 Å². The number of carboxylic acid groups (broad SMARTS) is 1. The predicted molar refractivity (Wildman–Crippen MR) is 78.6 cm³/mol. The van der Waals surface area contributed by atoms with E-state index in [2.05, 4.69) is 9.55 Å². The number of imidazole rings is 1. The fourth-order valence-electron chi connectivity index (χ4n) is 2.32. The molecule has 0 amide bonds. The normalized spacial score (nSPS) is 11.1. The molecule has 0 atom stereocenters. The Morgan fingerprint density at radius 1 is 1.38 bits per heavy atom. The van der Waals surface area contributed by atoms with Crippen molar-refractivity contribution in [2.45, 2.75) is 26.3 Å². The van der Waals surface area contributed by atoms with Gasteiger partial charge in [0.05, 0.1) is 29.8 Å². The molecule has 0 aliphatic rings. The summed E-state index contributed by atoms with van der Waals surface area (Å²) in [7, 11) is 0. The molecule has 2 aromatic rings. The van der Waals surface area contributed by atoms with Gasteiger partial charge in [-0.1, -0.05) is 6.92 Å². The zero-order valence-electron chi connectivity index (χ0n) is 12.1. The van der Waals surface area contributed by atoms with Gasteiger partial charge in [0.1, 0.15) is 5.82 Å². The molecular formula is C15H20N2O4. The van der Waals surface area contributed by atoms with Crippen LogP contribution >= 0.6 is 0 Å². The Labute approximate surface area is 123 Å². The third-order valence-electron chi connectivity index (χ3n) is 3.30. The molecule has 1 heterocycles. The number of aromatic nitrogens is 2. The van der Waals surface area contributed by atoms with Crippen molar-refractivity contribution in [2.75, 3.05) is 19.8 Å². The number of aliphatic hydroxyl groups excluding tert-OH is 1. The molecule has 0 saturated heterocycles. The highest BCUT2D eigenvalue weighted by atomic mass is 16.5. The van der Waals surface area contributed by atoms with Crippen molar-refractivity contribution in [1.82, 2.24) is 9.55 Å². The highest BCUT2D eigenvalue weighted by molar-refractivity contribution is 5.92. The van der Waals surface area contributed by atoms with Gasteiger partial charge in [-0.2, -0.15) is 0 Å². The van der Waals surface area contributed by atoms with Crippen molar-refractivity contribution in [1.29, 1.82) is 0 Å². The lowest BCUT2D eigenvalue weighted by molar-refractivity contribution is 0.0697. The number of aromatic carboxylic acids is 1. The molecule has 0 aliphatic carbocycles. The Kier molecular flexibility index (Phi) is 5.30. The molecule has 0 saturated carbocycles. The number of aliphatic hydroxyl groups is 1. The number of fused-ring (bicyclic) bond motifs is 1. The van der Waals surface area contributed by atoms with E-state index in [4.69, 9.17) is 14.9 Å². The first-order valence-corrected chi connectivity index (χ1v) is 7.08. The van der Waals surface area contributed by atoms with Crippen molar-refractivity contribution in [3.63, 3.8) is 0 Å². The van der Waals surface area contributed by atoms with E-state index in [1.54, 1.807) is 18.2 Å². The minimum absolute atomic E-state index is 0.0339. The minimum atomic E-state index is -0.943. The van der Waals surface area contributed by atoms with E-state index < -0.39 is 5.97 Å². The SMILES string of the molecule is CCc1nc2cc(C(=O)O)ccc2n1CCCOCCO. The number of hydrogen-bond acceptors (Lipinski definition) is 4. The van der Waals surface area contributed by atoms with Crippen LogP contribution in [0.3, 0.4) is 0 Å². The van der Waals surface area contributed by atoms with Gasteiger partial charge in [0, 0.05) is 19.6 Å². The molecule has 21 heavy (non-hydrogen) atoms. The van der Waals surface area contributed by atoms with Gasteiger partial charge < -0.3 is 19.5 Å². The number of rotatable bonds is 8. The van der Waals surface area contributed by atoms with Crippen LogP contribution in [-0.4, -0.2) is 45.6 Å². The summed E-state index contributed by atoms with van der Waals surface area (Å²) in [5.41, 5.74) is 1.91. The van der Waals surface area contributed by atoms with Crippen molar-refractivity contribution >= 4 is 17.0 Å². The molecule has 2 N–H and O–H groups in total. The number of aryl methyl sites for hydroxylation is 2. The highest BCUT2D eigenvalue weighted by Crippen LogP contribution is 2.19. The predicted octanol–water partition coefficient (Wildman–Crippen LogP) is 1.70. The summed E-state index contributed by atoms with van der Waals surface area (Å²) in [6.07, 6.45) is 1.60. The maximum atomic E-state index is 11.0. The van der Waals surface area contributed by atoms with Gasteiger partial charge in [-0.25, -0.2) is 9.78 Å². The summed E-state index contributed by atoms with van der Waals surface area (Å²) in [6, 6.07) is 5.01. The molecule has 6 nitrogen and oxygen atoms in total. The van der Waals surface area contributed by atoms with Gasteiger partial charge in [0.15, 0.2) is 0 Å². The van der Waals surface area contributed by atoms with Crippen LogP contribution in [-0.2, 0) is 17.7 Å². The van der Waals surface area contributed by atoms with Crippen LogP contribution in [0.25, 0.3) is 11.0 Å². The summed E-state index contributed by atoms with van der Waals surface area (Å²) >= 11 is 0. The van der Waals surface area contributed by atoms with Gasteiger partial charge in [-0.05, 0) is 24.6 Å². The third kappa shape index (κ3) is 3.59. The number of hydrogen-bond donors (Lipinski definition) is 2. The molecule has 114 valence electrons. The average Bonchev–Trinajstić information content (AvgIpc) is 2.84. The van der Waals surface area contributed by atoms with Crippen molar-refractivity contribution in [3.05, 3.63) is 29.6 Å². The molecule has 0 fully saturated rings. The van der Waals surface area contributed by atoms with E-state index in [-0.39, 0.29) is 12.2 Å². The van der Waals surface area contributed by atoms with E-state index in [0.29, 0.717) is 18.7 Å². The second-order valence-electron chi connectivity index (χ2n) is 4.73. The Morgan fingerprint density at radius 2 is 2.19 bits per heavy atom. The second kappa shape index (κ2) is 7.19. The molecule has 2 rings (SSSR count). The summed E-state index contributed by atoms with van der Waals surface area (Å²) in [5.74, 6) is -0.00315. The number of ether oxygens (including phenoxy) is 1. The van der Waals surface area contributed by atoms with Crippen LogP contribution in [0.5, 0.6) is 0 Å². The largest absolute Gasteiger partial charge is 0.478 e. The van der Waals surface area contributed by atoms with Gasteiger partial charge in [0.2, 0.25) is 0 Å². The van der Waals surface area contributed by atoms with Crippen LogP contribution in [0, 0.1) is 0 Å². The lowest BCUT2D eigenvalue weighted by Gasteiger charge is -2.08. The highest BCUT2D eigenvalue weighted by Gasteiger charge is 2.11. The fraction of sp³-hybridized carbons (Fsp3) is 0.467. The Bertz CT molecular complexity index is 621. The maximum absolute atomic E-state index is 11.0. The first-order valence-electron chi connectivity index (χ1n) is 7.08. The molecular weight excluding hydrogens is 272 g/mol. The zero-order valence-corrected chi connectivity index (χ0v) is 12.1. The maximum Gasteiger partial charge on any atom is 0.335 e. The van der Waals surface area contributed by atoms with Crippen molar-refractivity contribution in [3.8, 4) is 0 Å². The lowest BCUT2D eigenvalue weighted by Crippen LogP contribution is -2.07. The molecule has 0 bridgehead atoms. The van der Waals surface area contributed by atoms with E-state index in [1.807, 2.05) is 6.92 Å². The summed E-state index contributed by atoms with van der Waals surface area (Å²) in [6.45, 7) is 3.76. The number of carbonyl (C=O) groups is 1. The quantitative estimate of drug-likeness (QED) is 0.723. The second-order valence-corrected chi connectivity index (χ2v) is 4.73. The van der Waals surface area contributed by atoms with Gasteiger partial charge in [-0.3, -0.25) is 0 Å². The van der Waals surface area contributed by atoms with Crippen molar-refractivity contribution < 1.29 is 19.7 Å². The van der Waals surface area contributed by atoms with E-state index in [9.17, 15) is 4.79 Å². The monoisotopic (exact) mass is 292 g/mol. The summed E-state index contributed by atoms with van der Waals surface area (Å²) in [4.78, 5) is 15.5. The molecule has 0 unspecified atom stereocenters. The van der Waals surface area contributed by atoms with Crippen molar-refractivity contribution in [2.24, 2.45) is 0 Å². The topological polar surface area (TPSA) is 84.6 Å². The average molecular weight is 292 g/mol. The van der Waals surface area contributed by atoms with Crippen LogP contribution in [0.15, 0.2) is 18.2 Å². The lowest BCUT2D eigenvalue weighted by atomic mass is 10.2. The van der Waals surface area contributed by atoms with Crippen LogP contribution in [0.1, 0.15) is 29.5 Å². The summed E-state index contributed by atoms with van der Waals surface area (Å²) in [5, 5.41) is 17.7. The van der Waals surface area contributed by atoms with E-state index >= 15 is 0 Å². The summed E-state index contributed by atoms with van der Waals surface area (Å²) < 4.78 is 7.36. The van der Waals surface area contributed by atoms with Crippen LogP contribution < -0.4 is 0 Å². The first kappa shape index (κ1) is 15.5. The Morgan fingerprint density at radius 3 is 2.86 bits per heavy atom. The molecule has 1 aromatic heterocycles. The Hall–Kier alpha value is -1.92. The Balaban J connectivity index is 2.19. The fourth-order valence-corrected chi connectivity index (χ4v) is 2.32. The van der Waals surface area contributed by atoms with Gasteiger partial charge in [-0.15, -0.1) is 0 Å². The van der Waals surface area contributed by atoms with Crippen LogP contribution in [0.4, 0.5) is 0 Å². The smallest absolute Gasteiger partial charge is 0.335 e. The molecule has 0 aliphatic heterocycles. The molecule has 0 radical (unpaired) electrons. The standard InChI is InChI=1S/C15H20N2O4/c1-2-14-16-12-10-11(15(19)20)4-5-13(12)17(14)6-3-8-21-9-7-18/h4-5,10,18H,2-3,6-9H2,1H3,(H,19,20).